The van der Waals surface area contributed by atoms with E-state index in [2.05, 4.69) is 15.4 Å². The number of nitrogens with zero attached hydrogens (tertiary/aromatic N) is 3. The molecule has 0 bridgehead atoms. The second-order valence-corrected chi connectivity index (χ2v) is 2.91. The van der Waals surface area contributed by atoms with Crippen molar-refractivity contribution in [1.82, 2.24) is 15.3 Å². The molecule has 0 aliphatic carbocycles. The summed E-state index contributed by atoms with van der Waals surface area (Å²) in [6.45, 7) is 0.727. The predicted molar refractivity (Wildman–Crippen MR) is 56.4 cm³/mol. The molecule has 0 fully saturated rings. The fourth-order valence-electron chi connectivity index (χ4n) is 1.19. The maximum Gasteiger partial charge on any atom is 0.208 e. The Labute approximate surface area is 83.6 Å². The zero-order valence-corrected chi connectivity index (χ0v) is 8.44. The average Bonchev–Trinajstić information content (AvgIpc) is 2.21. The second-order valence-electron chi connectivity index (χ2n) is 2.91. The number of rotatable bonds is 2. The molecule has 0 saturated heterocycles. The second kappa shape index (κ2) is 5.18. The van der Waals surface area contributed by atoms with Crippen LogP contribution in [-0.2, 0) is 6.54 Å². The Morgan fingerprint density at radius 3 is 3.00 bits per heavy atom. The van der Waals surface area contributed by atoms with Crippen molar-refractivity contribution in [3.05, 3.63) is 30.1 Å². The lowest BCUT2D eigenvalue weighted by Gasteiger charge is -2.19. The van der Waals surface area contributed by atoms with Crippen molar-refractivity contribution in [3.63, 3.8) is 0 Å². The van der Waals surface area contributed by atoms with Gasteiger partial charge in [0.1, 0.15) is 0 Å². The average molecular weight is 193 g/mol. The van der Waals surface area contributed by atoms with Crippen LogP contribution in [0.3, 0.4) is 0 Å². The summed E-state index contributed by atoms with van der Waals surface area (Å²) in [5, 5.41) is 0. The summed E-state index contributed by atoms with van der Waals surface area (Å²) < 4.78 is 0. The van der Waals surface area contributed by atoms with E-state index >= 15 is 0 Å². The number of hydrazine groups is 1. The number of nitrogens with one attached hydrogen (secondary N) is 1. The maximum atomic E-state index is 5.30. The van der Waals surface area contributed by atoms with Gasteiger partial charge >= 0.3 is 0 Å². The lowest BCUT2D eigenvalue weighted by Crippen LogP contribution is -2.42. The summed E-state index contributed by atoms with van der Waals surface area (Å²) in [4.78, 5) is 9.93. The van der Waals surface area contributed by atoms with Crippen molar-refractivity contribution in [2.24, 2.45) is 10.8 Å². The highest BCUT2D eigenvalue weighted by Gasteiger charge is 2.03. The van der Waals surface area contributed by atoms with Crippen molar-refractivity contribution in [2.45, 2.75) is 6.54 Å². The minimum absolute atomic E-state index is 0.647. The number of nitrogens with two attached hydrogens (primary N) is 1. The van der Waals surface area contributed by atoms with Crippen LogP contribution in [0.15, 0.2) is 29.5 Å². The van der Waals surface area contributed by atoms with E-state index in [9.17, 15) is 0 Å². The number of pyridine rings is 1. The van der Waals surface area contributed by atoms with Gasteiger partial charge in [0.15, 0.2) is 0 Å². The molecule has 0 unspecified atom stereocenters. The van der Waals surface area contributed by atoms with Gasteiger partial charge in [-0.25, -0.2) is 5.84 Å². The Balaban J connectivity index is 2.61. The molecule has 1 rings (SSSR count). The lowest BCUT2D eigenvalue weighted by atomic mass is 10.3. The van der Waals surface area contributed by atoms with Gasteiger partial charge in [0.2, 0.25) is 5.96 Å². The first-order chi connectivity index (χ1) is 6.77. The summed E-state index contributed by atoms with van der Waals surface area (Å²) in [7, 11) is 3.60. The van der Waals surface area contributed by atoms with Gasteiger partial charge in [-0.1, -0.05) is 6.07 Å². The Morgan fingerprint density at radius 2 is 2.50 bits per heavy atom. The molecule has 0 spiro atoms. The van der Waals surface area contributed by atoms with Gasteiger partial charge in [-0.2, -0.15) is 0 Å². The molecule has 0 atom stereocenters. The predicted octanol–water partition coefficient (Wildman–Crippen LogP) is -0.0375. The van der Waals surface area contributed by atoms with Gasteiger partial charge in [-0.05, 0) is 11.6 Å². The van der Waals surface area contributed by atoms with Gasteiger partial charge < -0.3 is 4.90 Å². The lowest BCUT2D eigenvalue weighted by molar-refractivity contribution is 0.478. The highest BCUT2D eigenvalue weighted by atomic mass is 15.4. The molecule has 0 aromatic carbocycles. The van der Waals surface area contributed by atoms with E-state index in [1.165, 1.54) is 0 Å². The van der Waals surface area contributed by atoms with Crippen molar-refractivity contribution in [2.75, 3.05) is 14.1 Å². The number of hydrogen-bond acceptors (Lipinski definition) is 3. The Hall–Kier alpha value is -1.62. The van der Waals surface area contributed by atoms with E-state index < -0.39 is 0 Å². The van der Waals surface area contributed by atoms with Gasteiger partial charge in [-0.3, -0.25) is 15.4 Å². The number of hydrogen-bond donors (Lipinski definition) is 2. The standard InChI is InChI=1S/C9H15N5/c1-11-9(13-10)14(2)7-8-4-3-5-12-6-8/h3-6H,7,10H2,1-2H3,(H,11,13). The molecule has 76 valence electrons. The van der Waals surface area contributed by atoms with E-state index in [1.807, 2.05) is 30.3 Å². The summed E-state index contributed by atoms with van der Waals surface area (Å²) >= 11 is 0. The monoisotopic (exact) mass is 193 g/mol. The zero-order chi connectivity index (χ0) is 10.4. The minimum atomic E-state index is 0.647. The number of aliphatic imine (C=N–C) groups is 1. The molecule has 0 saturated carbocycles. The van der Waals surface area contributed by atoms with E-state index in [-0.39, 0.29) is 0 Å². The first-order valence-corrected chi connectivity index (χ1v) is 4.31. The third-order valence-electron chi connectivity index (χ3n) is 1.85. The summed E-state index contributed by atoms with van der Waals surface area (Å²) in [6, 6.07) is 3.91. The number of guanidine groups is 1. The van der Waals surface area contributed by atoms with Gasteiger partial charge in [0.25, 0.3) is 0 Å². The van der Waals surface area contributed by atoms with Gasteiger partial charge in [-0.15, -0.1) is 0 Å². The normalized spacial score (nSPS) is 11.2. The third-order valence-corrected chi connectivity index (χ3v) is 1.85. The van der Waals surface area contributed by atoms with Gasteiger partial charge in [0, 0.05) is 33.0 Å². The van der Waals surface area contributed by atoms with Crippen molar-refractivity contribution < 1.29 is 0 Å². The third kappa shape index (κ3) is 2.70. The Bertz CT molecular complexity index is 295. The van der Waals surface area contributed by atoms with Crippen LogP contribution in [0.25, 0.3) is 0 Å². The zero-order valence-electron chi connectivity index (χ0n) is 8.44. The highest BCUT2D eigenvalue weighted by molar-refractivity contribution is 5.78. The highest BCUT2D eigenvalue weighted by Crippen LogP contribution is 2.00. The van der Waals surface area contributed by atoms with Crippen molar-refractivity contribution in [3.8, 4) is 0 Å². The van der Waals surface area contributed by atoms with Crippen molar-refractivity contribution >= 4 is 5.96 Å². The minimum Gasteiger partial charge on any atom is -0.341 e. The van der Waals surface area contributed by atoms with E-state index in [1.54, 1.807) is 13.2 Å². The Morgan fingerprint density at radius 1 is 1.71 bits per heavy atom. The number of aromatic nitrogens is 1. The van der Waals surface area contributed by atoms with Crippen LogP contribution in [0.2, 0.25) is 0 Å². The van der Waals surface area contributed by atoms with Crippen LogP contribution in [0.4, 0.5) is 0 Å². The molecule has 5 nitrogen and oxygen atoms in total. The molecule has 1 heterocycles. The molecule has 3 N–H and O–H groups in total. The van der Waals surface area contributed by atoms with E-state index in [0.717, 1.165) is 12.1 Å². The topological polar surface area (TPSA) is 66.5 Å². The summed E-state index contributed by atoms with van der Waals surface area (Å²) in [5.41, 5.74) is 3.64. The first kappa shape index (κ1) is 10.5. The first-order valence-electron chi connectivity index (χ1n) is 4.31. The molecular formula is C9H15N5. The molecule has 5 heteroatoms. The molecule has 14 heavy (non-hydrogen) atoms. The molecule has 0 aliphatic heterocycles. The van der Waals surface area contributed by atoms with E-state index in [4.69, 9.17) is 5.84 Å². The van der Waals surface area contributed by atoms with Crippen LogP contribution in [-0.4, -0.2) is 29.9 Å². The van der Waals surface area contributed by atoms with Crippen LogP contribution >= 0.6 is 0 Å². The molecule has 1 aromatic heterocycles. The van der Waals surface area contributed by atoms with Crippen LogP contribution in [0.1, 0.15) is 5.56 Å². The quantitative estimate of drug-likeness (QED) is 0.299. The summed E-state index contributed by atoms with van der Waals surface area (Å²) in [6.07, 6.45) is 3.57. The SMILES string of the molecule is CN=C(NN)N(C)Cc1cccnc1. The molecule has 0 amide bonds. The Kier molecular flexibility index (Phi) is 3.87. The fourth-order valence-corrected chi connectivity index (χ4v) is 1.19. The van der Waals surface area contributed by atoms with Crippen LogP contribution in [0, 0.1) is 0 Å². The van der Waals surface area contributed by atoms with Gasteiger partial charge in [0.05, 0.1) is 0 Å². The molecule has 0 radical (unpaired) electrons. The fraction of sp³-hybridized carbons (Fsp3) is 0.333. The van der Waals surface area contributed by atoms with Crippen molar-refractivity contribution in [1.29, 1.82) is 0 Å². The maximum absolute atomic E-state index is 5.30. The summed E-state index contributed by atoms with van der Waals surface area (Å²) in [5.74, 6) is 5.95. The van der Waals surface area contributed by atoms with E-state index in [0.29, 0.717) is 5.96 Å². The smallest absolute Gasteiger partial charge is 0.208 e. The molecule has 1 aromatic rings. The molecular weight excluding hydrogens is 178 g/mol. The largest absolute Gasteiger partial charge is 0.341 e. The van der Waals surface area contributed by atoms with Crippen LogP contribution in [0.5, 0.6) is 0 Å². The van der Waals surface area contributed by atoms with Crippen LogP contribution < -0.4 is 11.3 Å². The molecule has 0 aliphatic rings.